The predicted octanol–water partition coefficient (Wildman–Crippen LogP) is 5.93. The molecule has 0 atom stereocenters. The average molecular weight is 498 g/mol. The zero-order valence-electron chi connectivity index (χ0n) is 19.5. The van der Waals surface area contributed by atoms with Crippen LogP contribution in [0.5, 0.6) is 0 Å². The van der Waals surface area contributed by atoms with Gasteiger partial charge in [-0.15, -0.1) is 23.7 Å². The zero-order chi connectivity index (χ0) is 23.4. The van der Waals surface area contributed by atoms with Gasteiger partial charge in [-0.25, -0.2) is 9.78 Å². The van der Waals surface area contributed by atoms with E-state index in [0.717, 1.165) is 34.2 Å². The van der Waals surface area contributed by atoms with Crippen LogP contribution in [0.3, 0.4) is 0 Å². The molecule has 1 amide bonds. The van der Waals surface area contributed by atoms with Gasteiger partial charge in [0, 0.05) is 23.0 Å². The number of carbonyl (C=O) groups is 2. The van der Waals surface area contributed by atoms with Gasteiger partial charge in [-0.2, -0.15) is 0 Å². The first kappa shape index (κ1) is 25.6. The molecular formula is C26H28ClN3O3S. The number of fused-ring (bicyclic) bond motifs is 2. The summed E-state index contributed by atoms with van der Waals surface area (Å²) in [6, 6.07) is 16.8. The van der Waals surface area contributed by atoms with Crippen molar-refractivity contribution in [3.63, 3.8) is 0 Å². The van der Waals surface area contributed by atoms with Crippen molar-refractivity contribution >= 4 is 62.4 Å². The molecule has 0 saturated carbocycles. The summed E-state index contributed by atoms with van der Waals surface area (Å²) >= 11 is 1.37. The topological polar surface area (TPSA) is 71.5 Å². The van der Waals surface area contributed by atoms with E-state index < -0.39 is 0 Å². The highest BCUT2D eigenvalue weighted by Crippen LogP contribution is 2.28. The summed E-state index contributed by atoms with van der Waals surface area (Å²) in [6.07, 6.45) is 0. The number of esters is 1. The molecule has 4 aromatic rings. The summed E-state index contributed by atoms with van der Waals surface area (Å²) in [5, 5.41) is 4.91. The number of pyridine rings is 1. The third kappa shape index (κ3) is 5.91. The Kier molecular flexibility index (Phi) is 8.61. The second kappa shape index (κ2) is 11.4. The average Bonchev–Trinajstić information content (AvgIpc) is 3.23. The Morgan fingerprint density at radius 3 is 2.44 bits per heavy atom. The number of benzene rings is 2. The van der Waals surface area contributed by atoms with Crippen LogP contribution in [0.2, 0.25) is 0 Å². The summed E-state index contributed by atoms with van der Waals surface area (Å²) in [5.74, 6) is -0.564. The Morgan fingerprint density at radius 1 is 1.00 bits per heavy atom. The third-order valence-corrected chi connectivity index (χ3v) is 6.64. The molecule has 0 aliphatic carbocycles. The van der Waals surface area contributed by atoms with E-state index in [-0.39, 0.29) is 24.3 Å². The molecule has 6 nitrogen and oxygen atoms in total. The van der Waals surface area contributed by atoms with E-state index in [0.29, 0.717) is 29.3 Å². The quantitative estimate of drug-likeness (QED) is 0.305. The van der Waals surface area contributed by atoms with Crippen LogP contribution in [-0.4, -0.2) is 48.0 Å². The van der Waals surface area contributed by atoms with E-state index in [2.05, 4.69) is 36.2 Å². The summed E-state index contributed by atoms with van der Waals surface area (Å²) < 4.78 is 5.35. The number of rotatable bonds is 8. The highest BCUT2D eigenvalue weighted by Gasteiger charge is 2.13. The van der Waals surface area contributed by atoms with Gasteiger partial charge in [-0.3, -0.25) is 4.79 Å². The van der Waals surface area contributed by atoms with Gasteiger partial charge in [0.25, 0.3) is 5.91 Å². The van der Waals surface area contributed by atoms with Crippen molar-refractivity contribution in [2.75, 3.05) is 31.6 Å². The summed E-state index contributed by atoms with van der Waals surface area (Å²) in [7, 11) is 0. The minimum absolute atomic E-state index is 0. The van der Waals surface area contributed by atoms with Crippen LogP contribution in [0.4, 0.5) is 5.69 Å². The maximum atomic E-state index is 12.8. The van der Waals surface area contributed by atoms with Crippen molar-refractivity contribution in [2.24, 2.45) is 0 Å². The number of carbonyl (C=O) groups excluding carboxylic acids is 2. The number of nitrogens with zero attached hydrogens (tertiary/aromatic N) is 2. The second-order valence-corrected chi connectivity index (χ2v) is 8.91. The van der Waals surface area contributed by atoms with Crippen molar-refractivity contribution in [3.8, 4) is 0 Å². The largest absolute Gasteiger partial charge is 0.461 e. The Balaban J connectivity index is 0.00000324. The van der Waals surface area contributed by atoms with Gasteiger partial charge in [0.1, 0.15) is 11.4 Å². The van der Waals surface area contributed by atoms with Crippen LogP contribution in [0, 0.1) is 6.92 Å². The van der Waals surface area contributed by atoms with Crippen LogP contribution in [0.25, 0.3) is 21.1 Å². The summed E-state index contributed by atoms with van der Waals surface area (Å²) in [4.78, 5) is 33.3. The molecule has 1 N–H and O–H groups in total. The van der Waals surface area contributed by atoms with E-state index >= 15 is 0 Å². The van der Waals surface area contributed by atoms with Crippen molar-refractivity contribution in [1.29, 1.82) is 0 Å². The fraction of sp³-hybridized carbons (Fsp3) is 0.269. The first-order valence-corrected chi connectivity index (χ1v) is 11.9. The molecule has 2 heterocycles. The summed E-state index contributed by atoms with van der Waals surface area (Å²) in [5.41, 5.74) is 3.17. The number of hydrogen-bond donors (Lipinski definition) is 1. The molecule has 0 spiro atoms. The van der Waals surface area contributed by atoms with E-state index in [4.69, 9.17) is 9.72 Å². The molecule has 0 aliphatic rings. The second-order valence-electron chi connectivity index (χ2n) is 7.88. The lowest BCUT2D eigenvalue weighted by atomic mass is 10.1. The van der Waals surface area contributed by atoms with Gasteiger partial charge >= 0.3 is 5.97 Å². The van der Waals surface area contributed by atoms with E-state index in [1.807, 2.05) is 25.1 Å². The monoisotopic (exact) mass is 497 g/mol. The molecule has 0 aliphatic heterocycles. The van der Waals surface area contributed by atoms with Crippen molar-refractivity contribution < 1.29 is 14.3 Å². The Labute approximate surface area is 209 Å². The highest BCUT2D eigenvalue weighted by molar-refractivity contribution is 7.20. The molecule has 2 aromatic carbocycles. The molecule has 0 radical (unpaired) electrons. The number of aromatic nitrogens is 1. The Bertz CT molecular complexity index is 1300. The number of anilines is 1. The lowest BCUT2D eigenvalue weighted by molar-refractivity contribution is 0.0466. The number of nitrogens with one attached hydrogen (secondary N) is 1. The molecule has 0 fully saturated rings. The molecule has 0 unspecified atom stereocenters. The lowest BCUT2D eigenvalue weighted by Crippen LogP contribution is -2.27. The van der Waals surface area contributed by atoms with E-state index in [9.17, 15) is 9.59 Å². The maximum absolute atomic E-state index is 12.8. The highest BCUT2D eigenvalue weighted by atomic mass is 35.5. The van der Waals surface area contributed by atoms with Gasteiger partial charge < -0.3 is 15.0 Å². The number of likely N-dealkylation sites (N-methyl/N-ethyl adjacent to an activating group) is 1. The van der Waals surface area contributed by atoms with Gasteiger partial charge in [-0.05, 0) is 68.5 Å². The number of ether oxygens (including phenoxy) is 1. The molecule has 0 bridgehead atoms. The number of hydrogen-bond acceptors (Lipinski definition) is 6. The molecule has 0 saturated heterocycles. The van der Waals surface area contributed by atoms with Crippen LogP contribution >= 0.6 is 23.7 Å². The first-order valence-electron chi connectivity index (χ1n) is 11.1. The summed E-state index contributed by atoms with van der Waals surface area (Å²) in [6.45, 7) is 9.13. The van der Waals surface area contributed by atoms with Crippen LogP contribution in [-0.2, 0) is 4.74 Å². The smallest absolute Gasteiger partial charge is 0.338 e. The number of amides is 1. The van der Waals surface area contributed by atoms with Crippen molar-refractivity contribution in [3.05, 3.63) is 70.6 Å². The lowest BCUT2D eigenvalue weighted by Gasteiger charge is -2.17. The standard InChI is InChI=1S/C26H27N3O3S.ClH/c1-4-29(5-2)12-13-32-26(31)18-7-9-21(10-8-18)27-24(30)23-16-20-15-19-14-17(3)6-11-22(19)28-25(20)33-23;/h6-11,14-16H,4-5,12-13H2,1-3H3,(H,27,30);1H. The van der Waals surface area contributed by atoms with Gasteiger partial charge in [0.2, 0.25) is 0 Å². The number of thiophene rings is 1. The normalized spacial score (nSPS) is 10.9. The molecular weight excluding hydrogens is 470 g/mol. The van der Waals surface area contributed by atoms with Gasteiger partial charge in [-0.1, -0.05) is 25.5 Å². The van der Waals surface area contributed by atoms with Crippen molar-refractivity contribution in [2.45, 2.75) is 20.8 Å². The van der Waals surface area contributed by atoms with Crippen molar-refractivity contribution in [1.82, 2.24) is 9.88 Å². The van der Waals surface area contributed by atoms with Gasteiger partial charge in [0.15, 0.2) is 0 Å². The Morgan fingerprint density at radius 2 is 1.74 bits per heavy atom. The predicted molar refractivity (Wildman–Crippen MR) is 142 cm³/mol. The fourth-order valence-corrected chi connectivity index (χ4v) is 4.56. The first-order chi connectivity index (χ1) is 16.0. The van der Waals surface area contributed by atoms with Crippen LogP contribution in [0.15, 0.2) is 54.6 Å². The van der Waals surface area contributed by atoms with E-state index in [1.54, 1.807) is 24.3 Å². The van der Waals surface area contributed by atoms with Crippen LogP contribution < -0.4 is 5.32 Å². The number of halogens is 1. The van der Waals surface area contributed by atoms with E-state index in [1.165, 1.54) is 16.9 Å². The maximum Gasteiger partial charge on any atom is 0.338 e. The molecule has 4 rings (SSSR count). The minimum atomic E-state index is -0.363. The van der Waals surface area contributed by atoms with Gasteiger partial charge in [0.05, 0.1) is 16.0 Å². The Hall–Kier alpha value is -3.00. The fourth-order valence-electron chi connectivity index (χ4n) is 3.64. The molecule has 178 valence electrons. The van der Waals surface area contributed by atoms with Crippen LogP contribution in [0.1, 0.15) is 39.4 Å². The molecule has 2 aromatic heterocycles. The SMILES string of the molecule is CCN(CC)CCOC(=O)c1ccc(NC(=O)c2cc3cc4cc(C)ccc4nc3s2)cc1.Cl. The number of aryl methyl sites for hydroxylation is 1. The minimum Gasteiger partial charge on any atom is -0.461 e. The zero-order valence-corrected chi connectivity index (χ0v) is 21.1. The molecule has 8 heteroatoms. The third-order valence-electron chi connectivity index (χ3n) is 5.59. The molecule has 34 heavy (non-hydrogen) atoms.